The molecule has 0 radical (unpaired) electrons. The molecule has 1 rings (SSSR count). The van der Waals surface area contributed by atoms with E-state index in [9.17, 15) is 15.0 Å². The molecule has 0 aliphatic rings. The molecule has 2 N–H and O–H groups in total. The quantitative estimate of drug-likeness (QED) is 0.0914. The highest BCUT2D eigenvalue weighted by atomic mass is 28.4. The molecule has 0 spiro atoms. The molecule has 0 aliphatic carbocycles. The summed E-state index contributed by atoms with van der Waals surface area (Å²) in [7, 11) is -0.722. The number of carbonyl (C=O) groups is 1. The van der Waals surface area contributed by atoms with Gasteiger partial charge in [0.25, 0.3) is 0 Å². The monoisotopic (exact) mass is 634 g/mol. The van der Waals surface area contributed by atoms with E-state index >= 15 is 0 Å². The molecule has 0 amide bonds. The predicted octanol–water partition coefficient (Wildman–Crippen LogP) is 7.71. The molecule has 9 atom stereocenters. The van der Waals surface area contributed by atoms with Gasteiger partial charge in [0, 0.05) is 5.92 Å². The summed E-state index contributed by atoms with van der Waals surface area (Å²) in [5.74, 6) is -0.513. The van der Waals surface area contributed by atoms with Gasteiger partial charge in [-0.15, -0.1) is 13.2 Å². The van der Waals surface area contributed by atoms with Crippen LogP contribution in [0.15, 0.2) is 49.6 Å². The zero-order chi connectivity index (χ0) is 34.0. The van der Waals surface area contributed by atoms with Crippen LogP contribution in [0.4, 0.5) is 0 Å². The Hall–Kier alpha value is -1.97. The number of ether oxygens (including phenoxy) is 3. The van der Waals surface area contributed by atoms with Gasteiger partial charge in [-0.05, 0) is 74.4 Å². The van der Waals surface area contributed by atoms with Crippen LogP contribution in [-0.2, 0) is 25.3 Å². The van der Waals surface area contributed by atoms with Crippen LogP contribution in [0.25, 0.3) is 0 Å². The van der Waals surface area contributed by atoms with Crippen molar-refractivity contribution in [3.63, 3.8) is 0 Å². The predicted molar refractivity (Wildman–Crippen MR) is 182 cm³/mol. The van der Waals surface area contributed by atoms with Crippen LogP contribution in [0, 0.1) is 23.7 Å². The number of aliphatic hydroxyl groups is 2. The molecule has 1 aromatic carbocycles. The lowest BCUT2D eigenvalue weighted by atomic mass is 9.80. The number of hydrogen-bond acceptors (Lipinski definition) is 7. The molecule has 1 unspecified atom stereocenters. The standard InChI is InChI=1S/C36H62O7Si/c1-15-30(37)24(4)22-25(5)32(41-23-28-18-20-29(40-12)21-19-28)26(6)33(43-44(13,14)35(8,9)10)27(7)34(38)42-31(16-2)36(11,39)17-3/h15,17-21,24-27,30-33,37,39H,1,3,16,22-23H2,2,4-14H3/t24-,25+,26-,27-,30?,31-,32+,33+,36+/m1/s1. The van der Waals surface area contributed by atoms with E-state index in [-0.39, 0.29) is 28.9 Å². The number of rotatable bonds is 19. The average Bonchev–Trinajstić information content (AvgIpc) is 2.97. The fourth-order valence-electron chi connectivity index (χ4n) is 5.34. The number of aliphatic hydroxyl groups excluding tert-OH is 1. The molecule has 252 valence electrons. The van der Waals surface area contributed by atoms with Gasteiger partial charge in [-0.25, -0.2) is 0 Å². The normalized spacial score (nSPS) is 19.3. The van der Waals surface area contributed by atoms with Crippen LogP contribution >= 0.6 is 0 Å². The van der Waals surface area contributed by atoms with Gasteiger partial charge >= 0.3 is 5.97 Å². The zero-order valence-electron chi connectivity index (χ0n) is 29.6. The minimum Gasteiger partial charge on any atom is -0.497 e. The van der Waals surface area contributed by atoms with Crippen LogP contribution in [0.1, 0.15) is 80.7 Å². The Morgan fingerprint density at radius 3 is 2.02 bits per heavy atom. The van der Waals surface area contributed by atoms with Crippen molar-refractivity contribution >= 4 is 14.3 Å². The molecule has 0 heterocycles. The summed E-state index contributed by atoms with van der Waals surface area (Å²) in [6.07, 6.45) is 1.92. The van der Waals surface area contributed by atoms with E-state index in [1.54, 1.807) is 20.1 Å². The summed E-state index contributed by atoms with van der Waals surface area (Å²) in [4.78, 5) is 13.8. The van der Waals surface area contributed by atoms with Gasteiger partial charge in [0.2, 0.25) is 0 Å². The van der Waals surface area contributed by atoms with Crippen LogP contribution in [-0.4, -0.2) is 61.6 Å². The Bertz CT molecular complexity index is 1030. The van der Waals surface area contributed by atoms with Gasteiger partial charge in [-0.3, -0.25) is 4.79 Å². The van der Waals surface area contributed by atoms with Crippen LogP contribution in [0.3, 0.4) is 0 Å². The van der Waals surface area contributed by atoms with E-state index in [0.717, 1.165) is 11.3 Å². The highest BCUT2D eigenvalue weighted by Gasteiger charge is 2.46. The van der Waals surface area contributed by atoms with Crippen molar-refractivity contribution in [1.29, 1.82) is 0 Å². The van der Waals surface area contributed by atoms with E-state index in [2.05, 4.69) is 60.9 Å². The number of benzene rings is 1. The third-order valence-corrected chi connectivity index (χ3v) is 14.0. The topological polar surface area (TPSA) is 94.5 Å². The van der Waals surface area contributed by atoms with Crippen molar-refractivity contribution in [2.75, 3.05) is 7.11 Å². The van der Waals surface area contributed by atoms with E-state index in [0.29, 0.717) is 19.4 Å². The average molecular weight is 635 g/mol. The van der Waals surface area contributed by atoms with Crippen molar-refractivity contribution in [3.05, 3.63) is 55.1 Å². The van der Waals surface area contributed by atoms with E-state index in [4.69, 9.17) is 18.6 Å². The second-order valence-electron chi connectivity index (χ2n) is 14.3. The molecule has 0 saturated carbocycles. The van der Waals surface area contributed by atoms with Crippen molar-refractivity contribution in [3.8, 4) is 5.75 Å². The third kappa shape index (κ3) is 11.1. The second kappa shape index (κ2) is 17.1. The largest absolute Gasteiger partial charge is 0.497 e. The number of methoxy groups -OCH3 is 1. The van der Waals surface area contributed by atoms with Gasteiger partial charge in [0.1, 0.15) is 17.5 Å². The van der Waals surface area contributed by atoms with Crippen molar-refractivity contribution in [2.45, 2.75) is 130 Å². The number of esters is 1. The van der Waals surface area contributed by atoms with Gasteiger partial charge in [0.15, 0.2) is 8.32 Å². The Morgan fingerprint density at radius 2 is 1.57 bits per heavy atom. The maximum absolute atomic E-state index is 13.8. The summed E-state index contributed by atoms with van der Waals surface area (Å²) in [6, 6.07) is 7.78. The van der Waals surface area contributed by atoms with Crippen LogP contribution in [0.2, 0.25) is 18.1 Å². The Morgan fingerprint density at radius 1 is 1.00 bits per heavy atom. The maximum atomic E-state index is 13.8. The first kappa shape index (κ1) is 40.1. The van der Waals surface area contributed by atoms with Crippen molar-refractivity contribution in [2.24, 2.45) is 23.7 Å². The first-order valence-electron chi connectivity index (χ1n) is 16.1. The lowest BCUT2D eigenvalue weighted by Gasteiger charge is -2.45. The molecule has 0 aliphatic heterocycles. The fraction of sp³-hybridized carbons (Fsp3) is 0.694. The van der Waals surface area contributed by atoms with Crippen molar-refractivity contribution < 1.29 is 33.6 Å². The summed E-state index contributed by atoms with van der Waals surface area (Å²) >= 11 is 0. The molecular formula is C36H62O7Si. The Balaban J connectivity index is 3.54. The lowest BCUT2D eigenvalue weighted by molar-refractivity contribution is -0.170. The van der Waals surface area contributed by atoms with Gasteiger partial charge in [-0.2, -0.15) is 0 Å². The minimum atomic E-state index is -2.36. The van der Waals surface area contributed by atoms with Crippen LogP contribution < -0.4 is 4.74 Å². The first-order valence-corrected chi connectivity index (χ1v) is 19.0. The smallest absolute Gasteiger partial charge is 0.311 e. The van der Waals surface area contributed by atoms with E-state index < -0.39 is 44.1 Å². The molecule has 8 heteroatoms. The molecule has 0 saturated heterocycles. The molecular weight excluding hydrogens is 572 g/mol. The third-order valence-electron chi connectivity index (χ3n) is 9.56. The van der Waals surface area contributed by atoms with Gasteiger partial charge in [0.05, 0.1) is 37.9 Å². The minimum absolute atomic E-state index is 0.0199. The molecule has 0 bridgehead atoms. The summed E-state index contributed by atoms with van der Waals surface area (Å²) in [5.41, 5.74) is -0.354. The summed E-state index contributed by atoms with van der Waals surface area (Å²) in [5, 5.41) is 21.2. The number of carbonyl (C=O) groups excluding carboxylic acids is 1. The molecule has 0 fully saturated rings. The summed E-state index contributed by atoms with van der Waals surface area (Å²) in [6.45, 7) is 30.3. The molecule has 1 aromatic rings. The Kier molecular flexibility index (Phi) is 15.6. The maximum Gasteiger partial charge on any atom is 0.311 e. The highest BCUT2D eigenvalue weighted by molar-refractivity contribution is 6.74. The molecule has 7 nitrogen and oxygen atoms in total. The zero-order valence-corrected chi connectivity index (χ0v) is 30.6. The van der Waals surface area contributed by atoms with Gasteiger partial charge in [-0.1, -0.05) is 72.8 Å². The Labute approximate surface area is 269 Å². The van der Waals surface area contributed by atoms with E-state index in [1.165, 1.54) is 6.08 Å². The first-order chi connectivity index (χ1) is 20.3. The molecule has 44 heavy (non-hydrogen) atoms. The SMILES string of the molecule is C=CC(O)[C@H](C)C[C@H](C)[C@H](OCc1ccc(OC)cc1)[C@@H](C)[C@H](O[Si](C)(C)C(C)(C)C)[C@@H](C)C(=O)O[C@H](CC)[C@@](C)(O)C=C. The van der Waals surface area contributed by atoms with Crippen molar-refractivity contribution in [1.82, 2.24) is 0 Å². The molecule has 0 aromatic heterocycles. The number of hydrogen-bond donors (Lipinski definition) is 2. The fourth-order valence-corrected chi connectivity index (χ4v) is 6.79. The van der Waals surface area contributed by atoms with E-state index in [1.807, 2.05) is 45.0 Å². The van der Waals surface area contributed by atoms with Crippen LogP contribution in [0.5, 0.6) is 5.75 Å². The second-order valence-corrected chi connectivity index (χ2v) is 19.1. The van der Waals surface area contributed by atoms with Gasteiger partial charge < -0.3 is 28.8 Å². The summed E-state index contributed by atoms with van der Waals surface area (Å²) < 4.78 is 25.0. The highest BCUT2D eigenvalue weighted by Crippen LogP contribution is 2.41. The lowest BCUT2D eigenvalue weighted by Crippen LogP contribution is -2.52.